The Bertz CT molecular complexity index is 821. The van der Waals surface area contributed by atoms with E-state index in [2.05, 4.69) is 4.72 Å². The number of hydrogen-bond donors (Lipinski definition) is 2. The zero-order chi connectivity index (χ0) is 16.3. The van der Waals surface area contributed by atoms with Crippen LogP contribution in [0.2, 0.25) is 5.02 Å². The van der Waals surface area contributed by atoms with E-state index < -0.39 is 15.9 Å². The van der Waals surface area contributed by atoms with Crippen LogP contribution in [-0.4, -0.2) is 21.4 Å². The lowest BCUT2D eigenvalue weighted by molar-refractivity contribution is 0.100. The molecular weight excluding hydrogens is 328 g/mol. The second-order valence-corrected chi connectivity index (χ2v) is 6.37. The number of hydrogen-bond acceptors (Lipinski definition) is 4. The Balaban J connectivity index is 2.47. The van der Waals surface area contributed by atoms with E-state index in [-0.39, 0.29) is 26.9 Å². The minimum atomic E-state index is -3.93. The van der Waals surface area contributed by atoms with Gasteiger partial charge in [0.1, 0.15) is 10.6 Å². The molecule has 0 aliphatic rings. The highest BCUT2D eigenvalue weighted by Crippen LogP contribution is 2.29. The first-order valence-electron chi connectivity index (χ1n) is 6.10. The lowest BCUT2D eigenvalue weighted by Crippen LogP contribution is -2.16. The fourth-order valence-corrected chi connectivity index (χ4v) is 3.39. The molecule has 2 aromatic carbocycles. The number of amides is 1. The van der Waals surface area contributed by atoms with Crippen molar-refractivity contribution in [2.75, 3.05) is 11.8 Å². The Morgan fingerprint density at radius 2 is 1.91 bits per heavy atom. The van der Waals surface area contributed by atoms with Crippen molar-refractivity contribution in [3.8, 4) is 5.75 Å². The van der Waals surface area contributed by atoms with Crippen LogP contribution >= 0.6 is 11.6 Å². The van der Waals surface area contributed by atoms with Gasteiger partial charge in [0, 0.05) is 5.56 Å². The average Bonchev–Trinajstić information content (AvgIpc) is 2.47. The van der Waals surface area contributed by atoms with Gasteiger partial charge in [-0.25, -0.2) is 8.42 Å². The van der Waals surface area contributed by atoms with Crippen molar-refractivity contribution in [1.29, 1.82) is 0 Å². The third-order valence-corrected chi connectivity index (χ3v) is 4.72. The van der Waals surface area contributed by atoms with E-state index in [1.54, 1.807) is 12.1 Å². The minimum Gasteiger partial charge on any atom is -0.495 e. The normalized spacial score (nSPS) is 11.0. The number of halogens is 1. The SMILES string of the molecule is COc1ccc(C(N)=O)cc1NS(=O)(=O)c1ccccc1Cl. The number of carbonyl (C=O) groups excluding carboxylic acids is 1. The van der Waals surface area contributed by atoms with Crippen molar-refractivity contribution < 1.29 is 17.9 Å². The number of nitrogens with two attached hydrogens (primary N) is 1. The van der Waals surface area contributed by atoms with Gasteiger partial charge in [0.15, 0.2) is 0 Å². The maximum atomic E-state index is 12.4. The van der Waals surface area contributed by atoms with Crippen molar-refractivity contribution in [3.05, 3.63) is 53.1 Å². The first-order valence-corrected chi connectivity index (χ1v) is 7.96. The molecule has 0 saturated heterocycles. The molecular formula is C14H13ClN2O4S. The van der Waals surface area contributed by atoms with Crippen LogP contribution in [0, 0.1) is 0 Å². The van der Waals surface area contributed by atoms with Crippen LogP contribution in [0.1, 0.15) is 10.4 Å². The summed E-state index contributed by atoms with van der Waals surface area (Å²) in [6, 6.07) is 10.2. The number of benzene rings is 2. The molecule has 0 radical (unpaired) electrons. The summed E-state index contributed by atoms with van der Waals surface area (Å²) in [7, 11) is -2.55. The van der Waals surface area contributed by atoms with Gasteiger partial charge in [0.05, 0.1) is 17.8 Å². The average molecular weight is 341 g/mol. The number of primary amides is 1. The summed E-state index contributed by atoms with van der Waals surface area (Å²) in [5.41, 5.74) is 5.44. The van der Waals surface area contributed by atoms with Crippen LogP contribution in [0.3, 0.4) is 0 Å². The molecule has 0 atom stereocenters. The molecule has 8 heteroatoms. The maximum absolute atomic E-state index is 12.4. The van der Waals surface area contributed by atoms with Gasteiger partial charge < -0.3 is 10.5 Å². The van der Waals surface area contributed by atoms with Gasteiger partial charge in [-0.15, -0.1) is 0 Å². The molecule has 116 valence electrons. The molecule has 6 nitrogen and oxygen atoms in total. The summed E-state index contributed by atoms with van der Waals surface area (Å²) in [6.45, 7) is 0. The summed E-state index contributed by atoms with van der Waals surface area (Å²) < 4.78 is 32.2. The largest absolute Gasteiger partial charge is 0.495 e. The molecule has 2 aromatic rings. The minimum absolute atomic E-state index is 0.0804. The summed E-state index contributed by atoms with van der Waals surface area (Å²) in [6.07, 6.45) is 0. The van der Waals surface area contributed by atoms with E-state index in [4.69, 9.17) is 22.1 Å². The number of nitrogens with one attached hydrogen (secondary N) is 1. The third kappa shape index (κ3) is 3.32. The molecule has 0 heterocycles. The van der Waals surface area contributed by atoms with Crippen LogP contribution in [0.5, 0.6) is 5.75 Å². The molecule has 0 saturated carbocycles. The highest BCUT2D eigenvalue weighted by Gasteiger charge is 2.20. The molecule has 0 spiro atoms. The van der Waals surface area contributed by atoms with Crippen molar-refractivity contribution in [2.24, 2.45) is 5.73 Å². The third-order valence-electron chi connectivity index (χ3n) is 2.85. The van der Waals surface area contributed by atoms with Gasteiger partial charge in [-0.05, 0) is 30.3 Å². The van der Waals surface area contributed by atoms with Gasteiger partial charge in [-0.3, -0.25) is 9.52 Å². The number of anilines is 1. The van der Waals surface area contributed by atoms with Crippen LogP contribution < -0.4 is 15.2 Å². The van der Waals surface area contributed by atoms with E-state index in [1.165, 1.54) is 37.4 Å². The van der Waals surface area contributed by atoms with E-state index >= 15 is 0 Å². The molecule has 0 aromatic heterocycles. The van der Waals surface area contributed by atoms with Gasteiger partial charge >= 0.3 is 0 Å². The molecule has 0 aliphatic carbocycles. The Hall–Kier alpha value is -2.25. The topological polar surface area (TPSA) is 98.5 Å². The Morgan fingerprint density at radius 3 is 2.50 bits per heavy atom. The fourth-order valence-electron chi connectivity index (χ4n) is 1.80. The first kappa shape index (κ1) is 16.1. The summed E-state index contributed by atoms with van der Waals surface area (Å²) in [5.74, 6) is -0.429. The number of carbonyl (C=O) groups is 1. The van der Waals surface area contributed by atoms with Crippen molar-refractivity contribution in [1.82, 2.24) is 0 Å². The summed E-state index contributed by atoms with van der Waals surface area (Å²) >= 11 is 5.91. The van der Waals surface area contributed by atoms with Crippen LogP contribution in [0.25, 0.3) is 0 Å². The second kappa shape index (κ2) is 6.25. The number of ether oxygens (including phenoxy) is 1. The second-order valence-electron chi connectivity index (χ2n) is 4.32. The van der Waals surface area contributed by atoms with Crippen molar-refractivity contribution >= 4 is 33.2 Å². The van der Waals surface area contributed by atoms with Gasteiger partial charge in [0.25, 0.3) is 10.0 Å². The standard InChI is InChI=1S/C14H13ClN2O4S/c1-21-12-7-6-9(14(16)18)8-11(12)17-22(19,20)13-5-3-2-4-10(13)15/h2-8,17H,1H3,(H2,16,18). The first-order chi connectivity index (χ1) is 10.3. The summed E-state index contributed by atoms with van der Waals surface area (Å²) in [5, 5.41) is 0.0834. The van der Waals surface area contributed by atoms with Gasteiger partial charge in [-0.1, -0.05) is 23.7 Å². The van der Waals surface area contributed by atoms with Crippen LogP contribution in [-0.2, 0) is 10.0 Å². The molecule has 22 heavy (non-hydrogen) atoms. The number of methoxy groups -OCH3 is 1. The number of sulfonamides is 1. The quantitative estimate of drug-likeness (QED) is 0.872. The van der Waals surface area contributed by atoms with Crippen molar-refractivity contribution in [2.45, 2.75) is 4.90 Å². The Kier molecular flexibility index (Phi) is 4.58. The lowest BCUT2D eigenvalue weighted by Gasteiger charge is -2.13. The Morgan fingerprint density at radius 1 is 1.23 bits per heavy atom. The fraction of sp³-hybridized carbons (Fsp3) is 0.0714. The monoisotopic (exact) mass is 340 g/mol. The van der Waals surface area contributed by atoms with Crippen LogP contribution in [0.4, 0.5) is 5.69 Å². The van der Waals surface area contributed by atoms with Gasteiger partial charge in [-0.2, -0.15) is 0 Å². The molecule has 0 unspecified atom stereocenters. The van der Waals surface area contributed by atoms with E-state index in [0.29, 0.717) is 0 Å². The van der Waals surface area contributed by atoms with Gasteiger partial charge in [0.2, 0.25) is 5.91 Å². The smallest absolute Gasteiger partial charge is 0.263 e. The molecule has 3 N–H and O–H groups in total. The molecule has 0 bridgehead atoms. The highest BCUT2D eigenvalue weighted by atomic mass is 35.5. The van der Waals surface area contributed by atoms with Crippen molar-refractivity contribution in [3.63, 3.8) is 0 Å². The lowest BCUT2D eigenvalue weighted by atomic mass is 10.2. The zero-order valence-corrected chi connectivity index (χ0v) is 13.1. The zero-order valence-electron chi connectivity index (χ0n) is 11.5. The Labute approximate surface area is 132 Å². The maximum Gasteiger partial charge on any atom is 0.263 e. The molecule has 0 aliphatic heterocycles. The molecule has 0 fully saturated rings. The predicted octanol–water partition coefficient (Wildman–Crippen LogP) is 2.25. The number of rotatable bonds is 5. The molecule has 1 amide bonds. The van der Waals surface area contributed by atoms with E-state index in [9.17, 15) is 13.2 Å². The highest BCUT2D eigenvalue weighted by molar-refractivity contribution is 7.92. The molecule has 2 rings (SSSR count). The summed E-state index contributed by atoms with van der Waals surface area (Å²) in [4.78, 5) is 11.1. The van der Waals surface area contributed by atoms with E-state index in [1.807, 2.05) is 0 Å². The predicted molar refractivity (Wildman–Crippen MR) is 83.8 cm³/mol. The van der Waals surface area contributed by atoms with Crippen LogP contribution in [0.15, 0.2) is 47.4 Å². The van der Waals surface area contributed by atoms with E-state index in [0.717, 1.165) is 0 Å².